The number of benzene rings is 1. The summed E-state index contributed by atoms with van der Waals surface area (Å²) in [5.74, 6) is -0.474. The fourth-order valence-electron chi connectivity index (χ4n) is 2.96. The van der Waals surface area contributed by atoms with Gasteiger partial charge in [-0.25, -0.2) is 4.79 Å². The zero-order valence-electron chi connectivity index (χ0n) is 13.2. The van der Waals surface area contributed by atoms with E-state index >= 15 is 0 Å². The maximum absolute atomic E-state index is 11.5. The van der Waals surface area contributed by atoms with Crippen molar-refractivity contribution in [3.8, 4) is 0 Å². The molecule has 2 N–H and O–H groups in total. The van der Waals surface area contributed by atoms with Crippen LogP contribution in [0.2, 0.25) is 5.02 Å². The zero-order chi connectivity index (χ0) is 19.0. The van der Waals surface area contributed by atoms with Crippen molar-refractivity contribution in [2.45, 2.75) is 6.04 Å². The number of nitro groups is 1. The topological polar surface area (TPSA) is 133 Å². The lowest BCUT2D eigenvalue weighted by molar-refractivity contribution is -0.389. The summed E-state index contributed by atoms with van der Waals surface area (Å²) in [5.41, 5.74) is 0.553. The third kappa shape index (κ3) is 3.24. The van der Waals surface area contributed by atoms with E-state index in [9.17, 15) is 20.0 Å². The molecule has 10 nitrogen and oxygen atoms in total. The van der Waals surface area contributed by atoms with Gasteiger partial charge in [0.15, 0.2) is 0 Å². The van der Waals surface area contributed by atoms with Gasteiger partial charge in [-0.05, 0) is 38.1 Å². The molecule has 1 amide bonds. The Labute approximate surface area is 160 Å². The number of rotatable bonds is 3. The van der Waals surface area contributed by atoms with E-state index in [1.54, 1.807) is 11.0 Å². The molecule has 1 aliphatic heterocycles. The van der Waals surface area contributed by atoms with Gasteiger partial charge in [0, 0.05) is 29.5 Å². The SMILES string of the molecule is O=C(O)N1CCN(c2c([N+](=O)[O-])nnc3cc(Br)c(Cl)cc23)C(CO)C1. The van der Waals surface area contributed by atoms with Crippen LogP contribution in [0.3, 0.4) is 0 Å². The molecule has 0 radical (unpaired) electrons. The number of aliphatic hydroxyl groups excluding tert-OH is 1. The Morgan fingerprint density at radius 1 is 1.42 bits per heavy atom. The maximum atomic E-state index is 11.5. The quantitative estimate of drug-likeness (QED) is 0.541. The van der Waals surface area contributed by atoms with E-state index in [1.165, 1.54) is 6.07 Å². The van der Waals surface area contributed by atoms with Crippen molar-refractivity contribution in [2.75, 3.05) is 31.1 Å². The molecular formula is C14H13BrClN5O5. The molecule has 26 heavy (non-hydrogen) atoms. The molecule has 2 heterocycles. The first-order valence-corrected chi connectivity index (χ1v) is 8.65. The largest absolute Gasteiger partial charge is 0.465 e. The summed E-state index contributed by atoms with van der Waals surface area (Å²) in [7, 11) is 0. The standard InChI is InChI=1S/C14H13BrClN5O5/c15-9-4-11-8(3-10(9)16)12(13(18-17-11)21(25)26)20-2-1-19(14(23)24)5-7(20)6-22/h3-4,7,22H,1-2,5-6H2,(H,23,24). The molecule has 0 bridgehead atoms. The Balaban J connectivity index is 2.18. The average molecular weight is 447 g/mol. The number of hydrogen-bond acceptors (Lipinski definition) is 7. The lowest BCUT2D eigenvalue weighted by Gasteiger charge is -2.40. The summed E-state index contributed by atoms with van der Waals surface area (Å²) in [6.07, 6.45) is -1.11. The van der Waals surface area contributed by atoms with Crippen LogP contribution in [0.25, 0.3) is 10.9 Å². The number of piperazine rings is 1. The molecule has 1 fully saturated rings. The summed E-state index contributed by atoms with van der Waals surface area (Å²) in [6, 6.07) is 2.48. The van der Waals surface area contributed by atoms with E-state index in [0.29, 0.717) is 20.4 Å². The molecule has 0 spiro atoms. The van der Waals surface area contributed by atoms with Crippen molar-refractivity contribution < 1.29 is 19.9 Å². The highest BCUT2D eigenvalue weighted by molar-refractivity contribution is 9.10. The monoisotopic (exact) mass is 445 g/mol. The number of hydrogen-bond donors (Lipinski definition) is 2. The molecule has 1 aliphatic rings. The first kappa shape index (κ1) is 18.5. The van der Waals surface area contributed by atoms with E-state index in [0.717, 1.165) is 4.90 Å². The number of aliphatic hydroxyl groups is 1. The van der Waals surface area contributed by atoms with Crippen molar-refractivity contribution in [3.05, 3.63) is 31.7 Å². The van der Waals surface area contributed by atoms with Crippen molar-refractivity contribution in [2.24, 2.45) is 0 Å². The Hall–Kier alpha value is -2.24. The first-order chi connectivity index (χ1) is 12.3. The third-order valence-corrected chi connectivity index (χ3v) is 5.38. The van der Waals surface area contributed by atoms with E-state index in [2.05, 4.69) is 26.1 Å². The van der Waals surface area contributed by atoms with Gasteiger partial charge in [0.25, 0.3) is 0 Å². The van der Waals surface area contributed by atoms with Crippen LogP contribution < -0.4 is 4.90 Å². The van der Waals surface area contributed by atoms with Gasteiger partial charge < -0.3 is 30.1 Å². The van der Waals surface area contributed by atoms with Gasteiger partial charge in [-0.2, -0.15) is 0 Å². The highest BCUT2D eigenvalue weighted by Gasteiger charge is 2.35. The Bertz CT molecular complexity index is 898. The highest BCUT2D eigenvalue weighted by Crippen LogP contribution is 2.38. The van der Waals surface area contributed by atoms with Gasteiger partial charge in [-0.15, -0.1) is 0 Å². The van der Waals surface area contributed by atoms with Crippen LogP contribution in [-0.4, -0.2) is 68.6 Å². The smallest absolute Gasteiger partial charge is 0.414 e. The van der Waals surface area contributed by atoms with Crippen LogP contribution in [0.1, 0.15) is 0 Å². The van der Waals surface area contributed by atoms with Crippen molar-refractivity contribution in [1.29, 1.82) is 0 Å². The van der Waals surface area contributed by atoms with Crippen LogP contribution in [-0.2, 0) is 0 Å². The molecule has 0 saturated carbocycles. The summed E-state index contributed by atoms with van der Waals surface area (Å²) >= 11 is 9.42. The van der Waals surface area contributed by atoms with E-state index in [4.69, 9.17) is 16.7 Å². The molecule has 1 aromatic carbocycles. The minimum absolute atomic E-state index is 0.0110. The second-order valence-electron chi connectivity index (χ2n) is 5.67. The summed E-state index contributed by atoms with van der Waals surface area (Å²) in [5, 5.41) is 38.7. The second-order valence-corrected chi connectivity index (χ2v) is 6.93. The number of aromatic nitrogens is 2. The number of fused-ring (bicyclic) bond motifs is 1. The molecule has 138 valence electrons. The summed E-state index contributed by atoms with van der Waals surface area (Å²) in [6.45, 7) is -0.0734. The number of anilines is 1. The lowest BCUT2D eigenvalue weighted by atomic mass is 10.1. The van der Waals surface area contributed by atoms with Crippen LogP contribution in [0.5, 0.6) is 0 Å². The minimum atomic E-state index is -1.11. The van der Waals surface area contributed by atoms with Gasteiger partial charge in [0.1, 0.15) is 11.2 Å². The third-order valence-electron chi connectivity index (χ3n) is 4.18. The van der Waals surface area contributed by atoms with Gasteiger partial charge in [0.05, 0.1) is 22.8 Å². The lowest BCUT2D eigenvalue weighted by Crippen LogP contribution is -2.56. The van der Waals surface area contributed by atoms with Gasteiger partial charge in [-0.1, -0.05) is 11.6 Å². The molecule has 1 saturated heterocycles. The van der Waals surface area contributed by atoms with Crippen molar-refractivity contribution in [3.63, 3.8) is 0 Å². The predicted molar refractivity (Wildman–Crippen MR) is 96.7 cm³/mol. The normalized spacial score (nSPS) is 17.6. The molecular weight excluding hydrogens is 434 g/mol. The van der Waals surface area contributed by atoms with Crippen molar-refractivity contribution >= 4 is 56.0 Å². The number of carboxylic acid groups (broad SMARTS) is 1. The molecule has 0 aliphatic carbocycles. The van der Waals surface area contributed by atoms with Crippen LogP contribution >= 0.6 is 27.5 Å². The molecule has 1 atom stereocenters. The van der Waals surface area contributed by atoms with Crippen molar-refractivity contribution in [1.82, 2.24) is 15.1 Å². The highest BCUT2D eigenvalue weighted by atomic mass is 79.9. The number of carbonyl (C=O) groups is 1. The second kappa shape index (κ2) is 7.17. The van der Waals surface area contributed by atoms with Crippen LogP contribution in [0.4, 0.5) is 16.3 Å². The molecule has 1 unspecified atom stereocenters. The summed E-state index contributed by atoms with van der Waals surface area (Å²) in [4.78, 5) is 24.8. The Kier molecular flexibility index (Phi) is 5.12. The Morgan fingerprint density at radius 3 is 2.77 bits per heavy atom. The number of amides is 1. The molecule has 3 rings (SSSR count). The van der Waals surface area contributed by atoms with Crippen LogP contribution in [0, 0.1) is 10.1 Å². The zero-order valence-corrected chi connectivity index (χ0v) is 15.5. The fourth-order valence-corrected chi connectivity index (χ4v) is 3.46. The minimum Gasteiger partial charge on any atom is -0.465 e. The summed E-state index contributed by atoms with van der Waals surface area (Å²) < 4.78 is 0.565. The first-order valence-electron chi connectivity index (χ1n) is 7.48. The Morgan fingerprint density at radius 2 is 2.15 bits per heavy atom. The van der Waals surface area contributed by atoms with E-state index < -0.39 is 22.9 Å². The molecule has 12 heteroatoms. The number of nitrogens with zero attached hydrogens (tertiary/aromatic N) is 5. The van der Waals surface area contributed by atoms with Gasteiger partial charge in [-0.3, -0.25) is 0 Å². The fraction of sp³-hybridized carbons (Fsp3) is 0.357. The van der Waals surface area contributed by atoms with Crippen LogP contribution in [0.15, 0.2) is 16.6 Å². The van der Waals surface area contributed by atoms with E-state index in [-0.39, 0.29) is 31.9 Å². The average Bonchev–Trinajstić information content (AvgIpc) is 2.61. The van der Waals surface area contributed by atoms with Gasteiger partial charge >= 0.3 is 11.9 Å². The number of halogens is 2. The van der Waals surface area contributed by atoms with Gasteiger partial charge in [0.2, 0.25) is 0 Å². The predicted octanol–water partition coefficient (Wildman–Crippen LogP) is 2.11. The van der Waals surface area contributed by atoms with E-state index in [1.807, 2.05) is 0 Å². The molecule has 1 aromatic heterocycles. The molecule has 2 aromatic rings. The maximum Gasteiger partial charge on any atom is 0.414 e.